The molecule has 0 bridgehead atoms. The van der Waals surface area contributed by atoms with Crippen LogP contribution in [0.2, 0.25) is 0 Å². The van der Waals surface area contributed by atoms with Crippen molar-refractivity contribution in [2.45, 2.75) is 0 Å². The van der Waals surface area contributed by atoms with Crippen molar-refractivity contribution in [3.8, 4) is 17.6 Å². The van der Waals surface area contributed by atoms with E-state index in [0.29, 0.717) is 17.6 Å². The number of hydrogen-bond acceptors (Lipinski definition) is 6. The van der Waals surface area contributed by atoms with Gasteiger partial charge in [0.2, 0.25) is 0 Å². The van der Waals surface area contributed by atoms with Gasteiger partial charge in [-0.15, -0.1) is 0 Å². The minimum absolute atomic E-state index is 0. The van der Waals surface area contributed by atoms with Crippen molar-refractivity contribution in [3.63, 3.8) is 0 Å². The van der Waals surface area contributed by atoms with Crippen LogP contribution in [0.5, 0.6) is 17.6 Å². The molecular formula is C15H12ClN3O6Si. The molecule has 3 aromatic rings. The molecule has 0 saturated heterocycles. The summed E-state index contributed by atoms with van der Waals surface area (Å²) in [5.41, 5.74) is 0. The second kappa shape index (κ2) is 4.11. The maximum absolute atomic E-state index is 6.12. The zero-order valence-electron chi connectivity index (χ0n) is 13.1. The predicted octanol–water partition coefficient (Wildman–Crippen LogP) is -4.25. The standard InChI is InChI=1S/C15H12N3O6Si.ClH/c1-4-10-16-13(7-1)19-25(22-16,20-14-8-2-5-11-17(14)23-25)21-15-9-3-6-12-18(15)24-25;/h1-12H;1H/q+1;/p-1. The van der Waals surface area contributed by atoms with Crippen molar-refractivity contribution < 1.29 is 53.5 Å². The van der Waals surface area contributed by atoms with Gasteiger partial charge in [0.1, 0.15) is 0 Å². The molecule has 0 N–H and O–H groups in total. The summed E-state index contributed by atoms with van der Waals surface area (Å²) in [6.45, 7) is 0. The summed E-state index contributed by atoms with van der Waals surface area (Å²) < 4.78 is 40.7. The predicted molar refractivity (Wildman–Crippen MR) is 77.3 cm³/mol. The molecule has 0 unspecified atom stereocenters. The van der Waals surface area contributed by atoms with Crippen molar-refractivity contribution >= 4 is 8.09 Å². The van der Waals surface area contributed by atoms with E-state index in [-0.39, 0.29) is 12.4 Å². The maximum atomic E-state index is 6.12. The van der Waals surface area contributed by atoms with Crippen molar-refractivity contribution in [2.75, 3.05) is 0 Å². The van der Waals surface area contributed by atoms with Crippen LogP contribution in [-0.2, 0) is 0 Å². The number of pyridine rings is 3. The summed E-state index contributed by atoms with van der Waals surface area (Å²) in [7, 11) is -5.95. The first-order valence-electron chi connectivity index (χ1n) is 7.70. The Morgan fingerprint density at radius 1 is 0.538 bits per heavy atom. The zero-order chi connectivity index (χ0) is 16.6. The van der Waals surface area contributed by atoms with Crippen molar-refractivity contribution in [1.29, 1.82) is 0 Å². The van der Waals surface area contributed by atoms with E-state index in [0.717, 1.165) is 0 Å². The molecule has 3 aliphatic rings. The molecule has 0 fully saturated rings. The number of hydrogen-bond donors (Lipinski definition) is 0. The molecule has 0 aliphatic carbocycles. The van der Waals surface area contributed by atoms with E-state index in [1.807, 2.05) is 0 Å². The molecule has 9 nitrogen and oxygen atoms in total. The van der Waals surface area contributed by atoms with Gasteiger partial charge in [-0.1, -0.05) is 0 Å². The average Bonchev–Trinajstić information content (AvgIpc) is 3.18. The zero-order valence-corrected chi connectivity index (χ0v) is 14.9. The fraction of sp³-hybridized carbons (Fsp3) is 0. The van der Waals surface area contributed by atoms with E-state index in [1.54, 1.807) is 73.2 Å². The van der Waals surface area contributed by atoms with E-state index in [2.05, 4.69) is 0 Å². The molecule has 0 amide bonds. The summed E-state index contributed by atoms with van der Waals surface area (Å²) in [6, 6.07) is 15.8. The number of fused-ring (bicyclic) bond motifs is 3. The number of rotatable bonds is 0. The Hall–Kier alpha value is -3.24. The first-order chi connectivity index (χ1) is 12.1. The fourth-order valence-corrected chi connectivity index (χ4v) is 7.20. The Kier molecular flexibility index (Phi) is 2.38. The third-order valence-electron chi connectivity index (χ3n) is 4.16. The molecule has 6 heterocycles. The molecule has 0 atom stereocenters. The monoisotopic (exact) mass is 393 g/mol. The Bertz CT molecular complexity index is 864. The number of halogens is 1. The van der Waals surface area contributed by atoms with Crippen molar-refractivity contribution in [3.05, 3.63) is 73.2 Å². The average molecular weight is 394 g/mol. The Balaban J connectivity index is 0.00000150. The third-order valence-corrected chi connectivity index (χ3v) is 7.74. The van der Waals surface area contributed by atoms with Crippen LogP contribution in [0, 0.1) is 0 Å². The summed E-state index contributed by atoms with van der Waals surface area (Å²) in [6.07, 6.45) is 4.95. The van der Waals surface area contributed by atoms with Gasteiger partial charge in [-0.05, 0) is 0 Å². The SMILES string of the molecule is [Cl-].c1cc[n+]2c(c1)O[Si-2]13(Oc4cccc[n+]4O1)(Oc1cccc[n+]1O3)O2. The molecule has 1 spiro atoms. The Morgan fingerprint density at radius 2 is 0.885 bits per heavy atom. The molecule has 3 aromatic heterocycles. The third kappa shape index (κ3) is 1.57. The molecule has 0 radical (unpaired) electrons. The summed E-state index contributed by atoms with van der Waals surface area (Å²) in [5.74, 6) is 0.983. The number of aromatic nitrogens is 3. The van der Waals surface area contributed by atoms with Gasteiger partial charge in [0.15, 0.2) is 0 Å². The molecule has 11 heteroatoms. The van der Waals surface area contributed by atoms with E-state index in [4.69, 9.17) is 26.9 Å². The van der Waals surface area contributed by atoms with Crippen molar-refractivity contribution in [1.82, 2.24) is 0 Å². The number of nitrogens with zero attached hydrogens (tertiary/aromatic N) is 3. The van der Waals surface area contributed by atoms with Gasteiger partial charge in [-0.3, -0.25) is 0 Å². The van der Waals surface area contributed by atoms with Gasteiger partial charge in [0.25, 0.3) is 0 Å². The molecule has 3 aliphatic heterocycles. The quantitative estimate of drug-likeness (QED) is 0.285. The minimum atomic E-state index is -5.95. The van der Waals surface area contributed by atoms with E-state index >= 15 is 0 Å². The summed E-state index contributed by atoms with van der Waals surface area (Å²) >= 11 is 0. The second-order valence-corrected chi connectivity index (χ2v) is 9.58. The van der Waals surface area contributed by atoms with E-state index in [1.165, 1.54) is 14.2 Å². The Morgan fingerprint density at radius 3 is 1.19 bits per heavy atom. The van der Waals surface area contributed by atoms with Crippen molar-refractivity contribution in [2.24, 2.45) is 0 Å². The van der Waals surface area contributed by atoms with E-state index in [9.17, 15) is 0 Å². The molecule has 26 heavy (non-hydrogen) atoms. The first-order valence-corrected chi connectivity index (χ1v) is 10.1. The van der Waals surface area contributed by atoms with Crippen LogP contribution in [0.1, 0.15) is 0 Å². The summed E-state index contributed by atoms with van der Waals surface area (Å²) in [4.78, 5) is 0. The fourth-order valence-electron chi connectivity index (χ4n) is 3.22. The van der Waals surface area contributed by atoms with Crippen LogP contribution in [0.25, 0.3) is 0 Å². The second-order valence-electron chi connectivity index (χ2n) is 5.92. The molecule has 134 valence electrons. The van der Waals surface area contributed by atoms with Crippen LogP contribution >= 0.6 is 0 Å². The molecule has 6 rings (SSSR count). The topological polar surface area (TPSA) is 67.0 Å². The first kappa shape index (κ1) is 15.0. The van der Waals surface area contributed by atoms with Crippen LogP contribution in [0.4, 0.5) is 0 Å². The molecular weight excluding hydrogens is 382 g/mol. The van der Waals surface area contributed by atoms with Gasteiger partial charge in [0, 0.05) is 0 Å². The van der Waals surface area contributed by atoms with Gasteiger partial charge in [0.05, 0.1) is 0 Å². The van der Waals surface area contributed by atoms with Crippen LogP contribution in [0.3, 0.4) is 0 Å². The normalized spacial score (nSPS) is 22.6. The van der Waals surface area contributed by atoms with Gasteiger partial charge in [-0.25, -0.2) is 0 Å². The van der Waals surface area contributed by atoms with Gasteiger partial charge >= 0.3 is 140 Å². The van der Waals surface area contributed by atoms with Gasteiger partial charge < -0.3 is 12.4 Å². The van der Waals surface area contributed by atoms with Crippen LogP contribution in [-0.4, -0.2) is 8.09 Å². The molecule has 0 saturated carbocycles. The van der Waals surface area contributed by atoms with E-state index < -0.39 is 8.09 Å². The Labute approximate surface area is 152 Å². The van der Waals surface area contributed by atoms with Gasteiger partial charge in [-0.2, -0.15) is 0 Å². The summed E-state index contributed by atoms with van der Waals surface area (Å²) in [5, 5.41) is 0. The molecule has 0 aromatic carbocycles. The van der Waals surface area contributed by atoms with Crippen LogP contribution in [0.15, 0.2) is 73.2 Å². The van der Waals surface area contributed by atoms with Crippen LogP contribution < -0.4 is 53.5 Å².